The Bertz CT molecular complexity index is 809. The van der Waals surface area contributed by atoms with Crippen LogP contribution in [0.2, 0.25) is 0 Å². The summed E-state index contributed by atoms with van der Waals surface area (Å²) in [6.45, 7) is 2.11. The molecule has 2 bridgehead atoms. The summed E-state index contributed by atoms with van der Waals surface area (Å²) in [7, 11) is 0. The molecule has 6 atom stereocenters. The smallest absolute Gasteiger partial charge is 0.233 e. The van der Waals surface area contributed by atoms with Crippen LogP contribution in [-0.4, -0.2) is 29.2 Å². The monoisotopic (exact) mass is 350 g/mol. The molecule has 5 aliphatic rings. The van der Waals surface area contributed by atoms with Crippen LogP contribution < -0.4 is 5.32 Å². The van der Waals surface area contributed by atoms with Crippen LogP contribution in [0.1, 0.15) is 18.4 Å². The van der Waals surface area contributed by atoms with Gasteiger partial charge in [0, 0.05) is 18.7 Å². The van der Waals surface area contributed by atoms with Crippen LogP contribution in [0.25, 0.3) is 0 Å². The van der Waals surface area contributed by atoms with Crippen molar-refractivity contribution in [3.05, 3.63) is 42.0 Å². The molecule has 26 heavy (non-hydrogen) atoms. The number of anilines is 1. The number of hydrogen-bond donors (Lipinski definition) is 1. The molecular weight excluding hydrogens is 328 g/mol. The van der Waals surface area contributed by atoms with Crippen LogP contribution in [0, 0.1) is 42.4 Å². The molecule has 0 aromatic heterocycles. The summed E-state index contributed by atoms with van der Waals surface area (Å²) in [5, 5.41) is 2.87. The van der Waals surface area contributed by atoms with Crippen molar-refractivity contribution in [1.29, 1.82) is 0 Å². The number of nitrogens with zero attached hydrogens (tertiary/aromatic N) is 1. The molecule has 5 heteroatoms. The summed E-state index contributed by atoms with van der Waals surface area (Å²) in [5.74, 6) is 1.02. The standard InChI is InChI=1S/C21H22N2O3/c1-11-4-2-3-5-16(11)22-17(24)8-9-23-20(25)18-12-6-7-13(15-10-14(12)15)19(18)21(23)26/h2-7,12-15,18-19H,8-10H2,1H3,(H,22,24)/t12-,13-,14-,15-,18+,19+/m0/s1. The highest BCUT2D eigenvalue weighted by molar-refractivity contribution is 6.06. The van der Waals surface area contributed by atoms with Gasteiger partial charge in [-0.15, -0.1) is 0 Å². The maximum absolute atomic E-state index is 12.9. The second-order valence-corrected chi connectivity index (χ2v) is 8.10. The number of benzene rings is 1. The molecule has 1 N–H and O–H groups in total. The highest BCUT2D eigenvalue weighted by atomic mass is 16.2. The van der Waals surface area contributed by atoms with Gasteiger partial charge in [-0.05, 0) is 48.6 Å². The van der Waals surface area contributed by atoms with Gasteiger partial charge in [0.15, 0.2) is 0 Å². The van der Waals surface area contributed by atoms with Gasteiger partial charge in [-0.25, -0.2) is 0 Å². The second kappa shape index (κ2) is 5.53. The number of carbonyl (C=O) groups is 3. The van der Waals surface area contributed by atoms with Crippen molar-refractivity contribution in [1.82, 2.24) is 4.90 Å². The van der Waals surface area contributed by atoms with E-state index in [0.717, 1.165) is 17.7 Å². The van der Waals surface area contributed by atoms with E-state index >= 15 is 0 Å². The van der Waals surface area contributed by atoms with Crippen LogP contribution in [0.3, 0.4) is 0 Å². The number of carbonyl (C=O) groups excluding carboxylic acids is 3. The zero-order chi connectivity index (χ0) is 18.0. The van der Waals surface area contributed by atoms with Gasteiger partial charge in [0.2, 0.25) is 17.7 Å². The molecule has 0 unspecified atom stereocenters. The van der Waals surface area contributed by atoms with Crippen molar-refractivity contribution in [2.45, 2.75) is 19.8 Å². The second-order valence-electron chi connectivity index (χ2n) is 8.10. The fourth-order valence-electron chi connectivity index (χ4n) is 5.38. The molecule has 1 aromatic rings. The van der Waals surface area contributed by atoms with Crippen molar-refractivity contribution in [3.8, 4) is 0 Å². The third-order valence-electron chi connectivity index (χ3n) is 6.74. The minimum absolute atomic E-state index is 0.0617. The lowest BCUT2D eigenvalue weighted by molar-refractivity contribution is -0.140. The zero-order valence-electron chi connectivity index (χ0n) is 14.7. The summed E-state index contributed by atoms with van der Waals surface area (Å²) >= 11 is 0. The Kier molecular flexibility index (Phi) is 3.36. The number of rotatable bonds is 4. The van der Waals surface area contributed by atoms with Crippen LogP contribution in [0.5, 0.6) is 0 Å². The topological polar surface area (TPSA) is 66.5 Å². The largest absolute Gasteiger partial charge is 0.326 e. The highest BCUT2D eigenvalue weighted by Crippen LogP contribution is 2.65. The summed E-state index contributed by atoms with van der Waals surface area (Å²) < 4.78 is 0. The van der Waals surface area contributed by atoms with Crippen LogP contribution in [0.4, 0.5) is 5.69 Å². The van der Waals surface area contributed by atoms with Crippen LogP contribution in [0.15, 0.2) is 36.4 Å². The van der Waals surface area contributed by atoms with Gasteiger partial charge in [0.1, 0.15) is 0 Å². The van der Waals surface area contributed by atoms with Gasteiger partial charge < -0.3 is 5.32 Å². The first kappa shape index (κ1) is 15.8. The number of likely N-dealkylation sites (tertiary alicyclic amines) is 1. The van der Waals surface area contributed by atoms with E-state index in [9.17, 15) is 14.4 Å². The Balaban J connectivity index is 1.26. The van der Waals surface area contributed by atoms with E-state index in [1.54, 1.807) is 0 Å². The fourth-order valence-corrected chi connectivity index (χ4v) is 5.38. The maximum Gasteiger partial charge on any atom is 0.233 e. The van der Waals surface area contributed by atoms with Crippen molar-refractivity contribution in [2.75, 3.05) is 11.9 Å². The Labute approximate surface area is 152 Å². The van der Waals surface area contributed by atoms with Gasteiger partial charge in [-0.3, -0.25) is 19.3 Å². The van der Waals surface area contributed by atoms with Crippen molar-refractivity contribution >= 4 is 23.4 Å². The summed E-state index contributed by atoms with van der Waals surface area (Å²) in [6, 6.07) is 7.57. The molecule has 1 saturated heterocycles. The van der Waals surface area contributed by atoms with E-state index in [-0.39, 0.29) is 54.4 Å². The van der Waals surface area contributed by atoms with Crippen molar-refractivity contribution in [3.63, 3.8) is 0 Å². The molecule has 2 saturated carbocycles. The molecule has 1 heterocycles. The molecule has 6 rings (SSSR count). The maximum atomic E-state index is 12.9. The molecular formula is C21H22N2O3. The van der Waals surface area contributed by atoms with E-state index < -0.39 is 0 Å². The molecule has 3 fully saturated rings. The van der Waals surface area contributed by atoms with Gasteiger partial charge >= 0.3 is 0 Å². The van der Waals surface area contributed by atoms with E-state index in [0.29, 0.717) is 11.8 Å². The lowest BCUT2D eigenvalue weighted by atomic mass is 9.63. The molecule has 1 aliphatic heterocycles. The normalized spacial score (nSPS) is 36.1. The van der Waals surface area contributed by atoms with Crippen molar-refractivity contribution < 1.29 is 14.4 Å². The molecule has 134 valence electrons. The van der Waals surface area contributed by atoms with Crippen LogP contribution >= 0.6 is 0 Å². The van der Waals surface area contributed by atoms with E-state index in [4.69, 9.17) is 0 Å². The zero-order valence-corrected chi connectivity index (χ0v) is 14.7. The van der Waals surface area contributed by atoms with Crippen molar-refractivity contribution in [2.24, 2.45) is 35.5 Å². The highest BCUT2D eigenvalue weighted by Gasteiger charge is 2.66. The first-order chi connectivity index (χ1) is 12.6. The lowest BCUT2D eigenvalue weighted by Crippen LogP contribution is -2.40. The Hall–Kier alpha value is -2.43. The molecule has 4 aliphatic carbocycles. The number of imide groups is 1. The predicted molar refractivity (Wildman–Crippen MR) is 95.8 cm³/mol. The first-order valence-corrected chi connectivity index (χ1v) is 9.45. The van der Waals surface area contributed by atoms with E-state index in [1.807, 2.05) is 31.2 Å². The molecule has 1 aromatic carbocycles. The number of allylic oxidation sites excluding steroid dienone is 2. The third kappa shape index (κ3) is 2.19. The predicted octanol–water partition coefficient (Wildman–Crippen LogP) is 2.38. The Morgan fingerprint density at radius 2 is 1.69 bits per heavy atom. The van der Waals surface area contributed by atoms with Gasteiger partial charge in [0.05, 0.1) is 11.8 Å². The lowest BCUT2D eigenvalue weighted by Gasteiger charge is -2.37. The number of aryl methyl sites for hydroxylation is 1. The molecule has 3 amide bonds. The van der Waals surface area contributed by atoms with Gasteiger partial charge in [0.25, 0.3) is 0 Å². The average Bonchev–Trinajstić information content (AvgIpc) is 3.41. The first-order valence-electron chi connectivity index (χ1n) is 9.45. The average molecular weight is 350 g/mol. The molecule has 5 nitrogen and oxygen atoms in total. The number of para-hydroxylation sites is 1. The third-order valence-corrected chi connectivity index (χ3v) is 6.74. The van der Waals surface area contributed by atoms with Crippen LogP contribution in [-0.2, 0) is 14.4 Å². The molecule has 0 radical (unpaired) electrons. The number of nitrogens with one attached hydrogen (secondary N) is 1. The van der Waals surface area contributed by atoms with Gasteiger partial charge in [-0.2, -0.15) is 0 Å². The summed E-state index contributed by atoms with van der Waals surface area (Å²) in [6.07, 6.45) is 5.63. The number of amides is 3. The fraction of sp³-hybridized carbons (Fsp3) is 0.476. The quantitative estimate of drug-likeness (QED) is 0.670. The Morgan fingerprint density at radius 1 is 1.08 bits per heavy atom. The van der Waals surface area contributed by atoms with E-state index in [1.165, 1.54) is 4.90 Å². The minimum Gasteiger partial charge on any atom is -0.326 e. The summed E-state index contributed by atoms with van der Waals surface area (Å²) in [5.41, 5.74) is 1.76. The minimum atomic E-state index is -0.180. The van der Waals surface area contributed by atoms with Gasteiger partial charge in [-0.1, -0.05) is 30.4 Å². The summed E-state index contributed by atoms with van der Waals surface area (Å²) in [4.78, 5) is 39.4. The Morgan fingerprint density at radius 3 is 2.31 bits per heavy atom. The molecule has 0 spiro atoms. The van der Waals surface area contributed by atoms with E-state index in [2.05, 4.69) is 17.5 Å². The number of hydrogen-bond acceptors (Lipinski definition) is 3. The SMILES string of the molecule is Cc1ccccc1NC(=O)CCN1C(=O)[C@@H]2[C@H]3C=C[C@@H]([C@@H]4C[C@@H]34)[C@H]2C1=O.